The fourth-order valence-corrected chi connectivity index (χ4v) is 3.85. The second kappa shape index (κ2) is 7.85. The third-order valence-corrected chi connectivity index (χ3v) is 5.33. The topological polar surface area (TPSA) is 46.6 Å². The number of benzene rings is 2. The number of hydrogen-bond donors (Lipinski definition) is 0. The van der Waals surface area contributed by atoms with Crippen LogP contribution >= 0.6 is 24.0 Å². The summed E-state index contributed by atoms with van der Waals surface area (Å²) in [6.07, 6.45) is 2.82. The maximum absolute atomic E-state index is 12.8. The van der Waals surface area contributed by atoms with Crippen LogP contribution in [-0.2, 0) is 16.0 Å². The van der Waals surface area contributed by atoms with Crippen LogP contribution in [0.1, 0.15) is 28.4 Å². The van der Waals surface area contributed by atoms with E-state index in [9.17, 15) is 9.59 Å². The fraction of sp³-hybridized carbons (Fsp3) is 0.150. The smallest absolute Gasteiger partial charge is 0.337 e. The van der Waals surface area contributed by atoms with Gasteiger partial charge >= 0.3 is 5.97 Å². The van der Waals surface area contributed by atoms with Gasteiger partial charge in [0.1, 0.15) is 0 Å². The molecule has 1 aliphatic rings. The van der Waals surface area contributed by atoms with Crippen molar-refractivity contribution < 1.29 is 14.3 Å². The summed E-state index contributed by atoms with van der Waals surface area (Å²) in [5, 5.41) is 0. The Bertz CT molecular complexity index is 886. The second-order valence-electron chi connectivity index (χ2n) is 5.65. The lowest BCUT2D eigenvalue weighted by atomic mass is 10.1. The molecule has 4 nitrogen and oxygen atoms in total. The summed E-state index contributed by atoms with van der Waals surface area (Å²) in [7, 11) is 1.33. The molecule has 2 aromatic carbocycles. The number of esters is 1. The van der Waals surface area contributed by atoms with Crippen molar-refractivity contribution in [3.63, 3.8) is 0 Å². The van der Waals surface area contributed by atoms with Gasteiger partial charge in [-0.1, -0.05) is 55.2 Å². The quantitative estimate of drug-likeness (QED) is 0.444. The third kappa shape index (κ3) is 3.71. The summed E-state index contributed by atoms with van der Waals surface area (Å²) >= 11 is 6.65. The van der Waals surface area contributed by atoms with Gasteiger partial charge in [0.2, 0.25) is 0 Å². The number of thiocarbonyl (C=S) groups is 1. The molecular formula is C20H17NO3S2. The Balaban J connectivity index is 1.84. The Labute approximate surface area is 161 Å². The van der Waals surface area contributed by atoms with Crippen LogP contribution in [0.5, 0.6) is 0 Å². The molecule has 1 saturated heterocycles. The van der Waals surface area contributed by atoms with Gasteiger partial charge in [-0.3, -0.25) is 9.69 Å². The highest BCUT2D eigenvalue weighted by Crippen LogP contribution is 2.36. The minimum absolute atomic E-state index is 0.162. The molecular weight excluding hydrogens is 366 g/mol. The molecule has 0 N–H and O–H groups in total. The SMILES string of the molecule is CCc1ccc(C=C2SC(=S)N(c3ccc(C(=O)OC)cc3)C2=O)cc1. The molecule has 0 saturated carbocycles. The molecule has 0 aromatic heterocycles. The number of aryl methyl sites for hydroxylation is 1. The minimum Gasteiger partial charge on any atom is -0.465 e. The van der Waals surface area contributed by atoms with Gasteiger partial charge in [-0.15, -0.1) is 0 Å². The molecule has 1 amide bonds. The van der Waals surface area contributed by atoms with Crippen molar-refractivity contribution in [2.24, 2.45) is 0 Å². The van der Waals surface area contributed by atoms with Gasteiger partial charge in [0, 0.05) is 0 Å². The van der Waals surface area contributed by atoms with E-state index in [2.05, 4.69) is 23.8 Å². The minimum atomic E-state index is -0.419. The van der Waals surface area contributed by atoms with Crippen LogP contribution < -0.4 is 4.90 Å². The van der Waals surface area contributed by atoms with E-state index in [1.165, 1.54) is 29.3 Å². The normalized spacial score (nSPS) is 15.6. The molecule has 0 atom stereocenters. The second-order valence-corrected chi connectivity index (χ2v) is 7.33. The fourth-order valence-electron chi connectivity index (χ4n) is 2.56. The highest BCUT2D eigenvalue weighted by molar-refractivity contribution is 8.27. The van der Waals surface area contributed by atoms with Gasteiger partial charge in [0.25, 0.3) is 5.91 Å². The molecule has 0 radical (unpaired) electrons. The zero-order chi connectivity index (χ0) is 18.7. The lowest BCUT2D eigenvalue weighted by Crippen LogP contribution is -2.27. The first kappa shape index (κ1) is 18.4. The van der Waals surface area contributed by atoms with Crippen LogP contribution in [0.3, 0.4) is 0 Å². The Morgan fingerprint density at radius 3 is 2.38 bits per heavy atom. The summed E-state index contributed by atoms with van der Waals surface area (Å²) in [5.41, 5.74) is 3.27. The van der Waals surface area contributed by atoms with E-state index in [1.54, 1.807) is 24.3 Å². The van der Waals surface area contributed by atoms with E-state index >= 15 is 0 Å². The van der Waals surface area contributed by atoms with Crippen molar-refractivity contribution in [3.05, 3.63) is 70.1 Å². The summed E-state index contributed by atoms with van der Waals surface area (Å²) in [4.78, 5) is 26.4. The van der Waals surface area contributed by atoms with E-state index in [1.807, 2.05) is 18.2 Å². The first-order chi connectivity index (χ1) is 12.5. The molecule has 1 fully saturated rings. The Morgan fingerprint density at radius 1 is 1.15 bits per heavy atom. The molecule has 132 valence electrons. The molecule has 1 heterocycles. The number of ether oxygens (including phenoxy) is 1. The molecule has 1 aliphatic heterocycles. The van der Waals surface area contributed by atoms with Crippen LogP contribution in [0.25, 0.3) is 6.08 Å². The summed E-state index contributed by atoms with van der Waals surface area (Å²) in [6.45, 7) is 2.10. The van der Waals surface area contributed by atoms with Crippen LogP contribution in [0.4, 0.5) is 5.69 Å². The Hall–Kier alpha value is -2.44. The molecule has 26 heavy (non-hydrogen) atoms. The van der Waals surface area contributed by atoms with Gasteiger partial charge < -0.3 is 4.74 Å². The highest BCUT2D eigenvalue weighted by atomic mass is 32.2. The summed E-state index contributed by atoms with van der Waals surface area (Å²) in [6, 6.07) is 14.7. The van der Waals surface area contributed by atoms with Crippen molar-refractivity contribution in [1.82, 2.24) is 0 Å². The third-order valence-electron chi connectivity index (χ3n) is 4.03. The summed E-state index contributed by atoms with van der Waals surface area (Å²) < 4.78 is 5.15. The highest BCUT2D eigenvalue weighted by Gasteiger charge is 2.33. The Kier molecular flexibility index (Phi) is 5.54. The van der Waals surface area contributed by atoms with E-state index in [4.69, 9.17) is 12.2 Å². The lowest BCUT2D eigenvalue weighted by Gasteiger charge is -2.14. The monoisotopic (exact) mass is 383 g/mol. The van der Waals surface area contributed by atoms with Crippen molar-refractivity contribution in [2.75, 3.05) is 12.0 Å². The van der Waals surface area contributed by atoms with Crippen molar-refractivity contribution in [2.45, 2.75) is 13.3 Å². The zero-order valence-electron chi connectivity index (χ0n) is 14.4. The molecule has 3 rings (SSSR count). The number of anilines is 1. The molecule has 6 heteroatoms. The van der Waals surface area contributed by atoms with E-state index in [-0.39, 0.29) is 5.91 Å². The van der Waals surface area contributed by atoms with Crippen LogP contribution in [-0.4, -0.2) is 23.3 Å². The number of rotatable bonds is 4. The molecule has 0 bridgehead atoms. The van der Waals surface area contributed by atoms with Gasteiger partial charge in [-0.25, -0.2) is 4.79 Å². The number of hydrogen-bond acceptors (Lipinski definition) is 5. The average Bonchev–Trinajstić information content (AvgIpc) is 2.95. The van der Waals surface area contributed by atoms with Gasteiger partial charge in [-0.2, -0.15) is 0 Å². The lowest BCUT2D eigenvalue weighted by molar-refractivity contribution is -0.113. The maximum Gasteiger partial charge on any atom is 0.337 e. The van der Waals surface area contributed by atoms with E-state index in [0.29, 0.717) is 20.5 Å². The summed E-state index contributed by atoms with van der Waals surface area (Å²) in [5.74, 6) is -0.581. The van der Waals surface area contributed by atoms with Gasteiger partial charge in [0.15, 0.2) is 4.32 Å². The molecule has 0 unspecified atom stereocenters. The van der Waals surface area contributed by atoms with Crippen molar-refractivity contribution in [1.29, 1.82) is 0 Å². The predicted molar refractivity (Wildman–Crippen MR) is 109 cm³/mol. The zero-order valence-corrected chi connectivity index (χ0v) is 16.0. The van der Waals surface area contributed by atoms with Crippen molar-refractivity contribution >= 4 is 51.9 Å². The first-order valence-electron chi connectivity index (χ1n) is 8.08. The number of amides is 1. The largest absolute Gasteiger partial charge is 0.465 e. The number of carbonyl (C=O) groups excluding carboxylic acids is 2. The molecule has 2 aromatic rings. The standard InChI is InChI=1S/C20H17NO3S2/c1-3-13-4-6-14(7-5-13)12-17-18(22)21(20(25)26-17)16-10-8-15(9-11-16)19(23)24-2/h4-12H,3H2,1-2H3. The Morgan fingerprint density at radius 2 is 1.81 bits per heavy atom. The first-order valence-corrected chi connectivity index (χ1v) is 9.31. The van der Waals surface area contributed by atoms with Crippen LogP contribution in [0, 0.1) is 0 Å². The predicted octanol–water partition coefficient (Wildman–Crippen LogP) is 4.44. The van der Waals surface area contributed by atoms with Crippen LogP contribution in [0.15, 0.2) is 53.4 Å². The number of carbonyl (C=O) groups is 2. The maximum atomic E-state index is 12.8. The van der Waals surface area contributed by atoms with E-state index < -0.39 is 5.97 Å². The van der Waals surface area contributed by atoms with Crippen molar-refractivity contribution in [3.8, 4) is 0 Å². The van der Waals surface area contributed by atoms with Gasteiger partial charge in [-0.05, 0) is 47.9 Å². The number of methoxy groups -OCH3 is 1. The molecule has 0 spiro atoms. The van der Waals surface area contributed by atoms with Gasteiger partial charge in [0.05, 0.1) is 23.3 Å². The number of thioether (sulfide) groups is 1. The van der Waals surface area contributed by atoms with E-state index in [0.717, 1.165) is 12.0 Å². The number of nitrogens with zero attached hydrogens (tertiary/aromatic N) is 1. The average molecular weight is 383 g/mol. The van der Waals surface area contributed by atoms with Crippen LogP contribution in [0.2, 0.25) is 0 Å². The molecule has 0 aliphatic carbocycles.